The maximum absolute atomic E-state index is 13.4. The maximum Gasteiger partial charge on any atom is 0.237 e. The summed E-state index contributed by atoms with van der Waals surface area (Å²) in [6.45, 7) is 0. The Balaban J connectivity index is 1.90. The molecule has 21 heavy (non-hydrogen) atoms. The van der Waals surface area contributed by atoms with Gasteiger partial charge in [-0.25, -0.2) is 8.78 Å². The van der Waals surface area contributed by atoms with Crippen molar-refractivity contribution in [2.75, 3.05) is 11.1 Å². The Morgan fingerprint density at radius 1 is 1.29 bits per heavy atom. The van der Waals surface area contributed by atoms with Crippen molar-refractivity contribution >= 4 is 45.3 Å². The van der Waals surface area contributed by atoms with E-state index in [0.29, 0.717) is 10.4 Å². The molecule has 0 bridgehead atoms. The molecule has 112 valence electrons. The number of anilines is 1. The van der Waals surface area contributed by atoms with E-state index < -0.39 is 28.3 Å². The highest BCUT2D eigenvalue weighted by Gasteiger charge is 2.12. The Morgan fingerprint density at radius 3 is 2.67 bits per heavy atom. The van der Waals surface area contributed by atoms with Gasteiger partial charge < -0.3 is 5.32 Å². The van der Waals surface area contributed by atoms with Gasteiger partial charge in [0.15, 0.2) is 0 Å². The topological polar surface area (TPSA) is 46.2 Å². The van der Waals surface area contributed by atoms with Crippen LogP contribution in [0.2, 0.25) is 4.34 Å². The maximum atomic E-state index is 13.4. The van der Waals surface area contributed by atoms with Gasteiger partial charge in [0, 0.05) is 21.7 Å². The summed E-state index contributed by atoms with van der Waals surface area (Å²) < 4.78 is 38.5. The molecule has 1 amide bonds. The van der Waals surface area contributed by atoms with Gasteiger partial charge in [0.05, 0.1) is 15.8 Å². The lowest BCUT2D eigenvalue weighted by Crippen LogP contribution is -2.20. The number of hydrogen-bond donors (Lipinski definition) is 1. The molecule has 2 rings (SSSR count). The first kappa shape index (κ1) is 16.1. The van der Waals surface area contributed by atoms with Gasteiger partial charge in [-0.15, -0.1) is 11.3 Å². The van der Waals surface area contributed by atoms with Crippen LogP contribution in [-0.2, 0) is 21.3 Å². The molecule has 0 aliphatic heterocycles. The highest BCUT2D eigenvalue weighted by molar-refractivity contribution is 7.85. The molecule has 0 aliphatic carbocycles. The zero-order valence-electron chi connectivity index (χ0n) is 10.6. The summed E-state index contributed by atoms with van der Waals surface area (Å²) in [5.74, 6) is -2.27. The number of thiophene rings is 1. The summed E-state index contributed by atoms with van der Waals surface area (Å²) in [5.41, 5.74) is -0.141. The second kappa shape index (κ2) is 7.11. The Kier molecular flexibility index (Phi) is 5.44. The van der Waals surface area contributed by atoms with Gasteiger partial charge in [-0.1, -0.05) is 11.6 Å². The molecule has 1 aromatic carbocycles. The summed E-state index contributed by atoms with van der Waals surface area (Å²) in [7, 11) is -1.43. The van der Waals surface area contributed by atoms with Gasteiger partial charge in [0.2, 0.25) is 5.91 Å². The molecule has 0 saturated carbocycles. The van der Waals surface area contributed by atoms with Crippen molar-refractivity contribution in [3.05, 3.63) is 51.2 Å². The molecule has 1 aromatic heterocycles. The number of benzene rings is 1. The number of carbonyl (C=O) groups is 1. The standard InChI is InChI=1S/C13H10ClF2NO2S2/c14-12-4-2-9(20-12)6-21(19)7-13(18)17-11-3-1-8(15)5-10(11)16/h1-5H,6-7H2,(H,17,18)/t21-/m1/s1. The van der Waals surface area contributed by atoms with E-state index in [1.165, 1.54) is 11.3 Å². The minimum atomic E-state index is -1.43. The van der Waals surface area contributed by atoms with E-state index in [9.17, 15) is 17.8 Å². The summed E-state index contributed by atoms with van der Waals surface area (Å²) in [5, 5.41) is 2.26. The van der Waals surface area contributed by atoms with Crippen LogP contribution in [0.4, 0.5) is 14.5 Å². The molecular formula is C13H10ClF2NO2S2. The first-order valence-electron chi connectivity index (χ1n) is 5.78. The van der Waals surface area contributed by atoms with Gasteiger partial charge in [-0.3, -0.25) is 9.00 Å². The van der Waals surface area contributed by atoms with Crippen molar-refractivity contribution in [1.82, 2.24) is 0 Å². The van der Waals surface area contributed by atoms with Crippen molar-refractivity contribution in [3.63, 3.8) is 0 Å². The summed E-state index contributed by atoms with van der Waals surface area (Å²) >= 11 is 7.05. The van der Waals surface area contributed by atoms with Gasteiger partial charge in [-0.05, 0) is 24.3 Å². The van der Waals surface area contributed by atoms with Crippen LogP contribution in [0.25, 0.3) is 0 Å². The molecule has 0 fully saturated rings. The van der Waals surface area contributed by atoms with Gasteiger partial charge >= 0.3 is 0 Å². The van der Waals surface area contributed by atoms with E-state index in [4.69, 9.17) is 11.6 Å². The SMILES string of the molecule is O=C(C[S@](=O)Cc1ccc(Cl)s1)Nc1ccc(F)cc1F. The van der Waals surface area contributed by atoms with E-state index in [1.54, 1.807) is 12.1 Å². The van der Waals surface area contributed by atoms with Crippen molar-refractivity contribution in [2.24, 2.45) is 0 Å². The fourth-order valence-electron chi connectivity index (χ4n) is 1.56. The Morgan fingerprint density at radius 2 is 2.05 bits per heavy atom. The molecule has 0 spiro atoms. The normalized spacial score (nSPS) is 12.1. The van der Waals surface area contributed by atoms with E-state index >= 15 is 0 Å². The molecule has 3 nitrogen and oxygen atoms in total. The van der Waals surface area contributed by atoms with Gasteiger partial charge in [0.1, 0.15) is 17.4 Å². The monoisotopic (exact) mass is 349 g/mol. The highest BCUT2D eigenvalue weighted by Crippen LogP contribution is 2.22. The number of carbonyl (C=O) groups excluding carboxylic acids is 1. The van der Waals surface area contributed by atoms with Gasteiger partial charge in [0.25, 0.3) is 0 Å². The van der Waals surface area contributed by atoms with Crippen LogP contribution >= 0.6 is 22.9 Å². The first-order chi connectivity index (χ1) is 9.94. The fraction of sp³-hybridized carbons (Fsp3) is 0.154. The van der Waals surface area contributed by atoms with Crippen molar-refractivity contribution < 1.29 is 17.8 Å². The second-order valence-corrected chi connectivity index (χ2v) is 7.36. The van der Waals surface area contributed by atoms with Crippen LogP contribution in [0.15, 0.2) is 30.3 Å². The number of nitrogens with one attached hydrogen (secondary N) is 1. The van der Waals surface area contributed by atoms with E-state index in [-0.39, 0.29) is 17.2 Å². The van der Waals surface area contributed by atoms with Crippen LogP contribution in [0.1, 0.15) is 4.88 Å². The van der Waals surface area contributed by atoms with Crippen molar-refractivity contribution in [2.45, 2.75) is 5.75 Å². The predicted molar refractivity (Wildman–Crippen MR) is 81.0 cm³/mol. The zero-order valence-corrected chi connectivity index (χ0v) is 13.0. The van der Waals surface area contributed by atoms with E-state index in [0.717, 1.165) is 17.0 Å². The minimum Gasteiger partial charge on any atom is -0.323 e. The molecule has 0 aliphatic rings. The fourth-order valence-corrected chi connectivity index (χ4v) is 3.96. The van der Waals surface area contributed by atoms with Crippen molar-refractivity contribution in [3.8, 4) is 0 Å². The molecule has 0 unspecified atom stereocenters. The lowest BCUT2D eigenvalue weighted by molar-refractivity contribution is -0.113. The molecule has 0 radical (unpaired) electrons. The molecule has 1 heterocycles. The Labute approximate surface area is 131 Å². The van der Waals surface area contributed by atoms with Crippen LogP contribution in [0.5, 0.6) is 0 Å². The molecular weight excluding hydrogens is 340 g/mol. The molecule has 2 aromatic rings. The van der Waals surface area contributed by atoms with E-state index in [2.05, 4.69) is 5.32 Å². The number of halogens is 3. The lowest BCUT2D eigenvalue weighted by atomic mass is 10.3. The summed E-state index contributed by atoms with van der Waals surface area (Å²) in [6, 6.07) is 6.24. The minimum absolute atomic E-state index is 0.141. The quantitative estimate of drug-likeness (QED) is 0.897. The van der Waals surface area contributed by atoms with Crippen LogP contribution < -0.4 is 5.32 Å². The second-order valence-electron chi connectivity index (χ2n) is 4.11. The van der Waals surface area contributed by atoms with Crippen molar-refractivity contribution in [1.29, 1.82) is 0 Å². The van der Waals surface area contributed by atoms with Gasteiger partial charge in [-0.2, -0.15) is 0 Å². The Bertz CT molecular complexity index is 691. The third kappa shape index (κ3) is 4.87. The number of amides is 1. The molecule has 1 atom stereocenters. The summed E-state index contributed by atoms with van der Waals surface area (Å²) in [6.07, 6.45) is 0. The molecule has 1 N–H and O–H groups in total. The molecule has 0 saturated heterocycles. The zero-order chi connectivity index (χ0) is 15.4. The molecule has 8 heteroatoms. The van der Waals surface area contributed by atoms with E-state index in [1.807, 2.05) is 0 Å². The van der Waals surface area contributed by atoms with Crippen LogP contribution in [0, 0.1) is 11.6 Å². The predicted octanol–water partition coefficient (Wildman–Crippen LogP) is 3.57. The van der Waals surface area contributed by atoms with Crippen LogP contribution in [0.3, 0.4) is 0 Å². The van der Waals surface area contributed by atoms with Crippen LogP contribution in [-0.4, -0.2) is 15.9 Å². The lowest BCUT2D eigenvalue weighted by Gasteiger charge is -2.06. The smallest absolute Gasteiger partial charge is 0.237 e. The Hall–Kier alpha value is -1.31. The number of hydrogen-bond acceptors (Lipinski definition) is 3. The first-order valence-corrected chi connectivity index (χ1v) is 8.46. The summed E-state index contributed by atoms with van der Waals surface area (Å²) in [4.78, 5) is 12.5. The third-order valence-electron chi connectivity index (χ3n) is 2.43. The average molecular weight is 350 g/mol. The highest BCUT2D eigenvalue weighted by atomic mass is 35.5. The average Bonchev–Trinajstić information content (AvgIpc) is 2.78. The largest absolute Gasteiger partial charge is 0.323 e. The third-order valence-corrected chi connectivity index (χ3v) is 5.06. The number of rotatable bonds is 5.